The lowest BCUT2D eigenvalue weighted by atomic mass is 10.3. The second-order valence-corrected chi connectivity index (χ2v) is 5.00. The Morgan fingerprint density at radius 2 is 1.95 bits per heavy atom. The van der Waals surface area contributed by atoms with Gasteiger partial charge in [-0.3, -0.25) is 4.79 Å². The quantitative estimate of drug-likeness (QED) is 0.601. The molecule has 1 aromatic rings. The van der Waals surface area contributed by atoms with Gasteiger partial charge < -0.3 is 15.5 Å². The highest BCUT2D eigenvalue weighted by molar-refractivity contribution is 5.94. The summed E-state index contributed by atoms with van der Waals surface area (Å²) >= 11 is 0. The topological polar surface area (TPSA) is 56.7 Å². The van der Waals surface area contributed by atoms with Crippen LogP contribution in [0.3, 0.4) is 0 Å². The number of nitrogens with one attached hydrogen (secondary N) is 2. The van der Waals surface area contributed by atoms with Crippen LogP contribution in [0.2, 0.25) is 0 Å². The Hall–Kier alpha value is -2.11. The zero-order chi connectivity index (χ0) is 16.4. The first kappa shape index (κ1) is 17.9. The molecule has 0 aliphatic heterocycles. The Morgan fingerprint density at radius 3 is 2.55 bits per heavy atom. The van der Waals surface area contributed by atoms with Gasteiger partial charge in [0, 0.05) is 25.8 Å². The van der Waals surface area contributed by atoms with Crippen LogP contribution in [0, 0.1) is 5.82 Å². The summed E-state index contributed by atoms with van der Waals surface area (Å²) < 4.78 is 12.8. The fourth-order valence-electron chi connectivity index (χ4n) is 1.85. The zero-order valence-electron chi connectivity index (χ0n) is 13.5. The molecule has 0 fully saturated rings. The molecule has 122 valence electrons. The van der Waals surface area contributed by atoms with Crippen molar-refractivity contribution in [2.45, 2.75) is 26.7 Å². The van der Waals surface area contributed by atoms with E-state index in [1.807, 2.05) is 18.9 Å². The smallest absolute Gasteiger partial charge is 0.246 e. The van der Waals surface area contributed by atoms with E-state index in [9.17, 15) is 9.18 Å². The van der Waals surface area contributed by atoms with Gasteiger partial charge in [0.25, 0.3) is 0 Å². The summed E-state index contributed by atoms with van der Waals surface area (Å²) in [6.45, 7) is 5.78. The molecule has 0 saturated carbocycles. The first-order valence-corrected chi connectivity index (χ1v) is 7.61. The predicted molar refractivity (Wildman–Crippen MR) is 88.5 cm³/mol. The van der Waals surface area contributed by atoms with Gasteiger partial charge >= 0.3 is 0 Å². The first-order chi connectivity index (χ1) is 10.6. The summed E-state index contributed by atoms with van der Waals surface area (Å²) in [6, 6.07) is 5.66. The van der Waals surface area contributed by atoms with E-state index in [4.69, 9.17) is 0 Å². The van der Waals surface area contributed by atoms with Crippen molar-refractivity contribution < 1.29 is 9.18 Å². The van der Waals surface area contributed by atoms with E-state index in [1.54, 1.807) is 0 Å². The van der Waals surface area contributed by atoms with Gasteiger partial charge in [-0.05, 0) is 37.6 Å². The number of carbonyl (C=O) groups excluding carboxylic acids is 1. The number of anilines is 1. The molecule has 0 aromatic heterocycles. The average molecular weight is 308 g/mol. The van der Waals surface area contributed by atoms with Crippen LogP contribution in [0.5, 0.6) is 0 Å². The van der Waals surface area contributed by atoms with Crippen LogP contribution >= 0.6 is 0 Å². The first-order valence-electron chi connectivity index (χ1n) is 7.61. The highest BCUT2D eigenvalue weighted by Gasteiger charge is 2.07. The molecule has 0 atom stereocenters. The molecule has 0 saturated heterocycles. The lowest BCUT2D eigenvalue weighted by Crippen LogP contribution is -2.40. The van der Waals surface area contributed by atoms with E-state index >= 15 is 0 Å². The molecule has 1 amide bonds. The molecule has 0 aliphatic carbocycles. The zero-order valence-corrected chi connectivity index (χ0v) is 13.5. The van der Waals surface area contributed by atoms with Crippen LogP contribution in [0.4, 0.5) is 10.1 Å². The third-order valence-electron chi connectivity index (χ3n) is 3.04. The minimum absolute atomic E-state index is 0.0240. The normalized spacial score (nSPS) is 11.2. The number of aliphatic imine (C=N–C) groups is 1. The van der Waals surface area contributed by atoms with E-state index in [-0.39, 0.29) is 18.3 Å². The number of guanidine groups is 1. The fourth-order valence-corrected chi connectivity index (χ4v) is 1.85. The lowest BCUT2D eigenvalue weighted by molar-refractivity contribution is -0.114. The van der Waals surface area contributed by atoms with Gasteiger partial charge in [-0.25, -0.2) is 9.38 Å². The number of carbonyl (C=O) groups is 1. The number of rotatable bonds is 7. The molecule has 0 aliphatic rings. The number of halogens is 1. The van der Waals surface area contributed by atoms with Crippen molar-refractivity contribution in [2.75, 3.05) is 32.0 Å². The standard InChI is InChI=1S/C16H25FN4O/c1-4-6-11-21(3)16(18-5-2)19-12-15(22)20-14-9-7-13(17)8-10-14/h7-10H,4-6,11-12H2,1-3H3,(H,18,19)(H,20,22). The maximum absolute atomic E-state index is 12.8. The number of nitrogens with zero attached hydrogens (tertiary/aromatic N) is 2. The van der Waals surface area contributed by atoms with E-state index in [1.165, 1.54) is 24.3 Å². The van der Waals surface area contributed by atoms with Gasteiger partial charge in [0.2, 0.25) is 5.91 Å². The van der Waals surface area contributed by atoms with Gasteiger partial charge in [-0.15, -0.1) is 0 Å². The molecule has 22 heavy (non-hydrogen) atoms. The van der Waals surface area contributed by atoms with Crippen molar-refractivity contribution in [3.63, 3.8) is 0 Å². The summed E-state index contributed by atoms with van der Waals surface area (Å²) in [6.07, 6.45) is 2.18. The van der Waals surface area contributed by atoms with Crippen molar-refractivity contribution in [2.24, 2.45) is 4.99 Å². The van der Waals surface area contributed by atoms with Crippen molar-refractivity contribution >= 4 is 17.6 Å². The average Bonchev–Trinajstić information content (AvgIpc) is 2.51. The molecule has 1 rings (SSSR count). The van der Waals surface area contributed by atoms with Crippen LogP contribution in [0.1, 0.15) is 26.7 Å². The molecule has 6 heteroatoms. The van der Waals surface area contributed by atoms with E-state index in [0.717, 1.165) is 25.9 Å². The number of hydrogen-bond donors (Lipinski definition) is 2. The summed E-state index contributed by atoms with van der Waals surface area (Å²) in [5.41, 5.74) is 0.561. The van der Waals surface area contributed by atoms with Gasteiger partial charge in [0.1, 0.15) is 12.4 Å². The molecular formula is C16H25FN4O. The molecule has 0 radical (unpaired) electrons. The summed E-state index contributed by atoms with van der Waals surface area (Å²) in [5, 5.41) is 5.85. The van der Waals surface area contributed by atoms with Crippen LogP contribution in [0.15, 0.2) is 29.3 Å². The third kappa shape index (κ3) is 6.56. The highest BCUT2D eigenvalue weighted by Crippen LogP contribution is 2.07. The molecule has 2 N–H and O–H groups in total. The van der Waals surface area contributed by atoms with E-state index in [2.05, 4.69) is 22.5 Å². The largest absolute Gasteiger partial charge is 0.357 e. The lowest BCUT2D eigenvalue weighted by Gasteiger charge is -2.21. The highest BCUT2D eigenvalue weighted by atomic mass is 19.1. The van der Waals surface area contributed by atoms with Gasteiger partial charge in [-0.2, -0.15) is 0 Å². The number of hydrogen-bond acceptors (Lipinski definition) is 2. The second kappa shape index (κ2) is 9.76. The Balaban J connectivity index is 2.56. The maximum Gasteiger partial charge on any atom is 0.246 e. The number of benzene rings is 1. The predicted octanol–water partition coefficient (Wildman–Crippen LogP) is 2.46. The van der Waals surface area contributed by atoms with Gasteiger partial charge in [0.15, 0.2) is 5.96 Å². The van der Waals surface area contributed by atoms with Crippen molar-refractivity contribution in [1.29, 1.82) is 0 Å². The van der Waals surface area contributed by atoms with Crippen molar-refractivity contribution in [1.82, 2.24) is 10.2 Å². The third-order valence-corrected chi connectivity index (χ3v) is 3.04. The van der Waals surface area contributed by atoms with Crippen LogP contribution in [-0.4, -0.2) is 43.4 Å². The minimum Gasteiger partial charge on any atom is -0.357 e. The van der Waals surface area contributed by atoms with Crippen molar-refractivity contribution in [3.8, 4) is 0 Å². The Labute approximate surface area is 131 Å². The van der Waals surface area contributed by atoms with E-state index < -0.39 is 0 Å². The molecular weight excluding hydrogens is 283 g/mol. The summed E-state index contributed by atoms with van der Waals surface area (Å²) in [7, 11) is 1.95. The molecule has 0 heterocycles. The molecule has 0 unspecified atom stereocenters. The molecule has 5 nitrogen and oxygen atoms in total. The Bertz CT molecular complexity index is 487. The second-order valence-electron chi connectivity index (χ2n) is 5.00. The van der Waals surface area contributed by atoms with Crippen LogP contribution in [-0.2, 0) is 4.79 Å². The number of unbranched alkanes of at least 4 members (excludes halogenated alkanes) is 1. The molecule has 1 aromatic carbocycles. The fraction of sp³-hybridized carbons (Fsp3) is 0.500. The van der Waals surface area contributed by atoms with Crippen molar-refractivity contribution in [3.05, 3.63) is 30.1 Å². The summed E-state index contributed by atoms with van der Waals surface area (Å²) in [4.78, 5) is 18.2. The molecule has 0 bridgehead atoms. The Morgan fingerprint density at radius 1 is 1.27 bits per heavy atom. The SMILES string of the molecule is CCCCN(C)C(=NCC(=O)Nc1ccc(F)cc1)NCC. The summed E-state index contributed by atoms with van der Waals surface area (Å²) in [5.74, 6) is 0.152. The minimum atomic E-state index is -0.331. The molecule has 0 spiro atoms. The maximum atomic E-state index is 12.8. The van der Waals surface area contributed by atoms with Crippen LogP contribution < -0.4 is 10.6 Å². The van der Waals surface area contributed by atoms with Crippen LogP contribution in [0.25, 0.3) is 0 Å². The monoisotopic (exact) mass is 308 g/mol. The van der Waals surface area contributed by atoms with E-state index in [0.29, 0.717) is 11.6 Å². The number of amides is 1. The van der Waals surface area contributed by atoms with Gasteiger partial charge in [-0.1, -0.05) is 13.3 Å². The van der Waals surface area contributed by atoms with Gasteiger partial charge in [0.05, 0.1) is 0 Å². The Kier molecular flexibility index (Phi) is 7.96.